The maximum absolute atomic E-state index is 12.5. The van der Waals surface area contributed by atoms with E-state index in [0.29, 0.717) is 21.6 Å². The van der Waals surface area contributed by atoms with Crippen LogP contribution in [0.5, 0.6) is 0 Å². The number of carbonyl (C=O) groups excluding carboxylic acids is 3. The van der Waals surface area contributed by atoms with E-state index >= 15 is 0 Å². The van der Waals surface area contributed by atoms with Gasteiger partial charge in [-0.3, -0.25) is 14.4 Å². The van der Waals surface area contributed by atoms with Gasteiger partial charge >= 0.3 is 0 Å². The topological polar surface area (TPSA) is 100 Å². The van der Waals surface area contributed by atoms with Crippen LogP contribution in [0.15, 0.2) is 69.8 Å². The molecule has 1 aromatic heterocycles. The number of benzene rings is 2. The van der Waals surface area contributed by atoms with Crippen molar-refractivity contribution in [1.29, 1.82) is 0 Å². The molecule has 0 saturated heterocycles. The largest absolute Gasteiger partial charge is 0.444 e. The zero-order valence-electron chi connectivity index (χ0n) is 17.1. The van der Waals surface area contributed by atoms with E-state index < -0.39 is 0 Å². The molecule has 160 valence electrons. The van der Waals surface area contributed by atoms with Crippen LogP contribution in [-0.4, -0.2) is 23.8 Å². The zero-order valence-corrected chi connectivity index (χ0v) is 18.7. The number of rotatable bonds is 7. The Kier molecular flexibility index (Phi) is 7.25. The van der Waals surface area contributed by atoms with Gasteiger partial charge in [0.15, 0.2) is 10.4 Å². The first-order valence-electron chi connectivity index (χ1n) is 9.67. The zero-order chi connectivity index (χ0) is 22.4. The predicted molar refractivity (Wildman–Crippen MR) is 122 cm³/mol. The van der Waals surface area contributed by atoms with Crippen molar-refractivity contribution in [2.24, 2.45) is 0 Å². The van der Waals surface area contributed by atoms with E-state index in [1.54, 1.807) is 60.7 Å². The van der Waals surface area contributed by atoms with Crippen LogP contribution in [0.2, 0.25) is 0 Å². The fourth-order valence-electron chi connectivity index (χ4n) is 2.84. The molecule has 0 radical (unpaired) electrons. The number of amides is 3. The first kappa shape index (κ1) is 22.3. The average molecular weight is 484 g/mol. The number of halogens is 1. The molecule has 0 fully saturated rings. The number of carbonyl (C=O) groups is 3. The Morgan fingerprint density at radius 3 is 2.26 bits per heavy atom. The van der Waals surface area contributed by atoms with Crippen LogP contribution in [-0.2, 0) is 11.2 Å². The van der Waals surface area contributed by atoms with E-state index in [1.165, 1.54) is 0 Å². The normalized spacial score (nSPS) is 10.6. The minimum Gasteiger partial charge on any atom is -0.444 e. The smallest absolute Gasteiger partial charge is 0.291 e. The summed E-state index contributed by atoms with van der Waals surface area (Å²) >= 11 is 3.16. The fraction of sp³-hybridized carbons (Fsp3) is 0.174. The van der Waals surface area contributed by atoms with Gasteiger partial charge in [-0.2, -0.15) is 0 Å². The predicted octanol–water partition coefficient (Wildman–Crippen LogP) is 4.61. The van der Waals surface area contributed by atoms with Crippen molar-refractivity contribution in [2.45, 2.75) is 26.3 Å². The maximum atomic E-state index is 12.5. The number of para-hydroxylation sites is 1. The summed E-state index contributed by atoms with van der Waals surface area (Å²) in [6.07, 6.45) is 0.124. The highest BCUT2D eigenvalue weighted by Gasteiger charge is 2.14. The van der Waals surface area contributed by atoms with Gasteiger partial charge in [-0.1, -0.05) is 24.3 Å². The number of furan rings is 1. The van der Waals surface area contributed by atoms with Crippen LogP contribution in [0.1, 0.15) is 40.3 Å². The van der Waals surface area contributed by atoms with E-state index in [2.05, 4.69) is 31.9 Å². The average Bonchev–Trinajstić information content (AvgIpc) is 3.16. The Balaban J connectivity index is 1.60. The third kappa shape index (κ3) is 6.29. The molecule has 31 heavy (non-hydrogen) atoms. The molecule has 0 unspecified atom stereocenters. The molecule has 2 aromatic carbocycles. The van der Waals surface area contributed by atoms with Gasteiger partial charge in [0, 0.05) is 11.7 Å². The molecule has 3 rings (SSSR count). The maximum Gasteiger partial charge on any atom is 0.291 e. The van der Waals surface area contributed by atoms with Gasteiger partial charge in [-0.25, -0.2) is 0 Å². The van der Waals surface area contributed by atoms with Crippen LogP contribution < -0.4 is 16.0 Å². The first-order valence-corrected chi connectivity index (χ1v) is 10.5. The molecular formula is C23H22BrN3O4. The molecule has 3 N–H and O–H groups in total. The molecular weight excluding hydrogens is 462 g/mol. The lowest BCUT2D eigenvalue weighted by Gasteiger charge is -2.13. The van der Waals surface area contributed by atoms with Crippen LogP contribution in [0.3, 0.4) is 0 Å². The molecule has 0 atom stereocenters. The van der Waals surface area contributed by atoms with Gasteiger partial charge in [-0.05, 0) is 71.7 Å². The van der Waals surface area contributed by atoms with Crippen molar-refractivity contribution in [2.75, 3.05) is 10.6 Å². The molecule has 0 saturated carbocycles. The van der Waals surface area contributed by atoms with Crippen molar-refractivity contribution in [3.8, 4) is 0 Å². The molecule has 0 aliphatic carbocycles. The number of hydrogen-bond donors (Lipinski definition) is 3. The second-order valence-corrected chi connectivity index (χ2v) is 7.94. The molecule has 3 aromatic rings. The summed E-state index contributed by atoms with van der Waals surface area (Å²) in [5.74, 6) is -0.667. The SMILES string of the molecule is CC(C)NC(=O)c1ccccc1NC(=O)Cc1ccc(NC(=O)c2ccc(Br)o2)cc1. The van der Waals surface area contributed by atoms with E-state index in [4.69, 9.17) is 4.42 Å². The molecule has 0 aliphatic heterocycles. The fourth-order valence-corrected chi connectivity index (χ4v) is 3.15. The Morgan fingerprint density at radius 1 is 0.903 bits per heavy atom. The Morgan fingerprint density at radius 2 is 1.61 bits per heavy atom. The van der Waals surface area contributed by atoms with Gasteiger partial charge in [0.25, 0.3) is 11.8 Å². The monoisotopic (exact) mass is 483 g/mol. The van der Waals surface area contributed by atoms with Gasteiger partial charge in [0.2, 0.25) is 5.91 Å². The second-order valence-electron chi connectivity index (χ2n) is 7.15. The molecule has 1 heterocycles. The lowest BCUT2D eigenvalue weighted by atomic mass is 10.1. The van der Waals surface area contributed by atoms with Crippen molar-refractivity contribution >= 4 is 45.0 Å². The molecule has 0 aliphatic rings. The molecule has 8 heteroatoms. The summed E-state index contributed by atoms with van der Waals surface area (Å²) in [5, 5.41) is 8.35. The molecule has 0 spiro atoms. The van der Waals surface area contributed by atoms with Gasteiger partial charge < -0.3 is 20.4 Å². The van der Waals surface area contributed by atoms with Gasteiger partial charge in [0.05, 0.1) is 17.7 Å². The van der Waals surface area contributed by atoms with E-state index in [9.17, 15) is 14.4 Å². The third-order valence-corrected chi connectivity index (χ3v) is 4.67. The summed E-state index contributed by atoms with van der Waals surface area (Å²) in [6, 6.07) is 17.0. The summed E-state index contributed by atoms with van der Waals surface area (Å²) in [4.78, 5) is 37.0. The third-order valence-electron chi connectivity index (χ3n) is 4.24. The minimum absolute atomic E-state index is 0.00966. The standard InChI is InChI=1S/C23H22BrN3O4/c1-14(2)25-22(29)17-5-3-4-6-18(17)27-21(28)13-15-7-9-16(10-8-15)26-23(30)19-11-12-20(24)31-19/h3-12,14H,13H2,1-2H3,(H,25,29)(H,26,30)(H,27,28). The van der Waals surface area contributed by atoms with Crippen molar-refractivity contribution < 1.29 is 18.8 Å². The Labute approximate surface area is 188 Å². The number of nitrogens with one attached hydrogen (secondary N) is 3. The summed E-state index contributed by atoms with van der Waals surface area (Å²) < 4.78 is 5.70. The number of anilines is 2. The summed E-state index contributed by atoms with van der Waals surface area (Å²) in [7, 11) is 0. The Bertz CT molecular complexity index is 1090. The highest BCUT2D eigenvalue weighted by molar-refractivity contribution is 9.10. The van der Waals surface area contributed by atoms with Crippen molar-refractivity contribution in [3.05, 3.63) is 82.2 Å². The van der Waals surface area contributed by atoms with Crippen molar-refractivity contribution in [3.63, 3.8) is 0 Å². The van der Waals surface area contributed by atoms with Crippen LogP contribution in [0, 0.1) is 0 Å². The minimum atomic E-state index is -0.368. The Hall–Kier alpha value is -3.39. The highest BCUT2D eigenvalue weighted by Crippen LogP contribution is 2.18. The van der Waals surface area contributed by atoms with Crippen LogP contribution in [0.25, 0.3) is 0 Å². The lowest BCUT2D eigenvalue weighted by molar-refractivity contribution is -0.115. The van der Waals surface area contributed by atoms with Gasteiger partial charge in [0.1, 0.15) is 0 Å². The first-order chi connectivity index (χ1) is 14.8. The number of hydrogen-bond acceptors (Lipinski definition) is 4. The molecule has 7 nitrogen and oxygen atoms in total. The van der Waals surface area contributed by atoms with Crippen LogP contribution >= 0.6 is 15.9 Å². The van der Waals surface area contributed by atoms with E-state index in [1.807, 2.05) is 13.8 Å². The van der Waals surface area contributed by atoms with E-state index in [0.717, 1.165) is 5.56 Å². The van der Waals surface area contributed by atoms with E-state index in [-0.39, 0.29) is 35.9 Å². The van der Waals surface area contributed by atoms with Crippen LogP contribution in [0.4, 0.5) is 11.4 Å². The van der Waals surface area contributed by atoms with Gasteiger partial charge in [-0.15, -0.1) is 0 Å². The second kappa shape index (κ2) is 10.1. The summed E-state index contributed by atoms with van der Waals surface area (Å²) in [6.45, 7) is 3.75. The molecule has 0 bridgehead atoms. The molecule has 3 amide bonds. The highest BCUT2D eigenvalue weighted by atomic mass is 79.9. The van der Waals surface area contributed by atoms with Crippen molar-refractivity contribution in [1.82, 2.24) is 5.32 Å². The quantitative estimate of drug-likeness (QED) is 0.456. The lowest BCUT2D eigenvalue weighted by Crippen LogP contribution is -2.31. The summed E-state index contributed by atoms with van der Waals surface area (Å²) in [5.41, 5.74) is 2.21.